The van der Waals surface area contributed by atoms with Crippen LogP contribution in [0.2, 0.25) is 0 Å². The standard InChI is InChI=1S/C10H18N4O3S2/c1-10(2,14-19(3,16)17)6-12-9(15)7-5-18-8(4-11)13-7/h5,14H,4,6,11H2,1-3H3,(H,12,15). The lowest BCUT2D eigenvalue weighted by Crippen LogP contribution is -2.51. The van der Waals surface area contributed by atoms with Crippen molar-refractivity contribution in [3.63, 3.8) is 0 Å². The molecule has 0 bridgehead atoms. The fourth-order valence-corrected chi connectivity index (χ4v) is 3.17. The number of nitrogens with zero attached hydrogens (tertiary/aromatic N) is 1. The average Bonchev–Trinajstić information content (AvgIpc) is 2.71. The van der Waals surface area contributed by atoms with Crippen LogP contribution < -0.4 is 15.8 Å². The number of amides is 1. The molecule has 0 saturated carbocycles. The molecule has 0 aliphatic carbocycles. The van der Waals surface area contributed by atoms with Crippen molar-refractivity contribution in [2.24, 2.45) is 5.73 Å². The number of carbonyl (C=O) groups is 1. The molecule has 1 heterocycles. The average molecular weight is 306 g/mol. The topological polar surface area (TPSA) is 114 Å². The Bertz CT molecular complexity index is 551. The van der Waals surface area contributed by atoms with Crippen LogP contribution >= 0.6 is 11.3 Å². The molecular formula is C10H18N4O3S2. The van der Waals surface area contributed by atoms with E-state index >= 15 is 0 Å². The van der Waals surface area contributed by atoms with Gasteiger partial charge in [0.15, 0.2) is 0 Å². The van der Waals surface area contributed by atoms with Gasteiger partial charge in [0.2, 0.25) is 10.0 Å². The Morgan fingerprint density at radius 3 is 2.63 bits per heavy atom. The summed E-state index contributed by atoms with van der Waals surface area (Å²) in [7, 11) is -3.33. The van der Waals surface area contributed by atoms with E-state index in [1.54, 1.807) is 19.2 Å². The zero-order chi connectivity index (χ0) is 14.7. The normalized spacial score (nSPS) is 12.4. The Morgan fingerprint density at radius 1 is 1.53 bits per heavy atom. The lowest BCUT2D eigenvalue weighted by molar-refractivity contribution is 0.0940. The maximum Gasteiger partial charge on any atom is 0.270 e. The summed E-state index contributed by atoms with van der Waals surface area (Å²) < 4.78 is 24.7. The fraction of sp³-hybridized carbons (Fsp3) is 0.600. The molecule has 0 unspecified atom stereocenters. The van der Waals surface area contributed by atoms with Gasteiger partial charge in [-0.15, -0.1) is 11.3 Å². The van der Waals surface area contributed by atoms with E-state index in [0.717, 1.165) is 6.26 Å². The predicted molar refractivity (Wildman–Crippen MR) is 74.4 cm³/mol. The number of carbonyl (C=O) groups excluding carboxylic acids is 1. The van der Waals surface area contributed by atoms with Crippen LogP contribution in [0.1, 0.15) is 29.3 Å². The molecule has 9 heteroatoms. The van der Waals surface area contributed by atoms with Crippen LogP contribution in [0.5, 0.6) is 0 Å². The van der Waals surface area contributed by atoms with E-state index in [1.165, 1.54) is 11.3 Å². The van der Waals surface area contributed by atoms with Crippen molar-refractivity contribution in [3.8, 4) is 0 Å². The molecule has 108 valence electrons. The highest BCUT2D eigenvalue weighted by Gasteiger charge is 2.23. The highest BCUT2D eigenvalue weighted by atomic mass is 32.2. The van der Waals surface area contributed by atoms with Crippen LogP contribution in [0.4, 0.5) is 0 Å². The summed E-state index contributed by atoms with van der Waals surface area (Å²) in [5.74, 6) is -0.348. The van der Waals surface area contributed by atoms with Gasteiger partial charge in [0, 0.05) is 24.0 Å². The number of hydrogen-bond acceptors (Lipinski definition) is 6. The molecule has 0 spiro atoms. The van der Waals surface area contributed by atoms with Gasteiger partial charge in [-0.05, 0) is 13.8 Å². The highest BCUT2D eigenvalue weighted by Crippen LogP contribution is 2.09. The van der Waals surface area contributed by atoms with Gasteiger partial charge >= 0.3 is 0 Å². The van der Waals surface area contributed by atoms with E-state index < -0.39 is 15.6 Å². The maximum atomic E-state index is 11.8. The second-order valence-corrected chi connectivity index (χ2v) is 7.46. The van der Waals surface area contributed by atoms with Gasteiger partial charge in [-0.3, -0.25) is 4.79 Å². The minimum atomic E-state index is -3.33. The van der Waals surface area contributed by atoms with E-state index in [0.29, 0.717) is 17.2 Å². The molecule has 0 aromatic carbocycles. The van der Waals surface area contributed by atoms with Crippen LogP contribution in [-0.2, 0) is 16.6 Å². The van der Waals surface area contributed by atoms with E-state index in [9.17, 15) is 13.2 Å². The third kappa shape index (κ3) is 5.64. The number of nitrogens with two attached hydrogens (primary N) is 1. The Labute approximate surface area is 116 Å². The largest absolute Gasteiger partial charge is 0.349 e. The molecule has 4 N–H and O–H groups in total. The first-order chi connectivity index (χ1) is 8.63. The van der Waals surface area contributed by atoms with Crippen LogP contribution in [-0.4, -0.2) is 37.6 Å². The van der Waals surface area contributed by atoms with E-state index in [4.69, 9.17) is 5.73 Å². The SMILES string of the molecule is CC(C)(CNC(=O)c1csc(CN)n1)NS(C)(=O)=O. The van der Waals surface area contributed by atoms with Crippen molar-refractivity contribution >= 4 is 27.3 Å². The molecule has 1 rings (SSSR count). The molecular weight excluding hydrogens is 288 g/mol. The number of nitrogens with one attached hydrogen (secondary N) is 2. The number of rotatable bonds is 6. The van der Waals surface area contributed by atoms with Crippen molar-refractivity contribution in [2.45, 2.75) is 25.9 Å². The second-order valence-electron chi connectivity index (χ2n) is 4.77. The zero-order valence-corrected chi connectivity index (χ0v) is 12.7. The molecule has 7 nitrogen and oxygen atoms in total. The van der Waals surface area contributed by atoms with Gasteiger partial charge < -0.3 is 11.1 Å². The fourth-order valence-electron chi connectivity index (χ4n) is 1.44. The van der Waals surface area contributed by atoms with Crippen molar-refractivity contribution in [1.29, 1.82) is 0 Å². The number of aromatic nitrogens is 1. The summed E-state index contributed by atoms with van der Waals surface area (Å²) in [6, 6.07) is 0. The quantitative estimate of drug-likeness (QED) is 0.665. The molecule has 1 amide bonds. The van der Waals surface area contributed by atoms with Gasteiger partial charge in [0.05, 0.1) is 6.26 Å². The summed E-state index contributed by atoms with van der Waals surface area (Å²) in [4.78, 5) is 15.8. The number of sulfonamides is 1. The Hall–Kier alpha value is -1.03. The third-order valence-electron chi connectivity index (χ3n) is 2.11. The van der Waals surface area contributed by atoms with E-state index in [2.05, 4.69) is 15.0 Å². The molecule has 19 heavy (non-hydrogen) atoms. The summed E-state index contributed by atoms with van der Waals surface area (Å²) in [5, 5.41) is 4.94. The van der Waals surface area contributed by atoms with E-state index in [-0.39, 0.29) is 12.5 Å². The first-order valence-electron chi connectivity index (χ1n) is 5.54. The first kappa shape index (κ1) is 16.0. The molecule has 0 fully saturated rings. The maximum absolute atomic E-state index is 11.8. The van der Waals surface area contributed by atoms with Crippen LogP contribution in [0.15, 0.2) is 5.38 Å². The minimum Gasteiger partial charge on any atom is -0.349 e. The highest BCUT2D eigenvalue weighted by molar-refractivity contribution is 7.88. The summed E-state index contributed by atoms with van der Waals surface area (Å²) in [6.07, 6.45) is 1.07. The lowest BCUT2D eigenvalue weighted by atomic mass is 10.1. The van der Waals surface area contributed by atoms with Crippen molar-refractivity contribution < 1.29 is 13.2 Å². The van der Waals surface area contributed by atoms with Gasteiger partial charge in [0.1, 0.15) is 10.7 Å². The van der Waals surface area contributed by atoms with Crippen molar-refractivity contribution in [1.82, 2.24) is 15.0 Å². The smallest absolute Gasteiger partial charge is 0.270 e. The molecule has 0 aliphatic rings. The van der Waals surface area contributed by atoms with Gasteiger partial charge in [-0.2, -0.15) is 0 Å². The minimum absolute atomic E-state index is 0.161. The summed E-state index contributed by atoms with van der Waals surface area (Å²) >= 11 is 1.31. The van der Waals surface area contributed by atoms with Gasteiger partial charge in [-0.25, -0.2) is 18.1 Å². The zero-order valence-electron chi connectivity index (χ0n) is 11.1. The third-order valence-corrected chi connectivity index (χ3v) is 3.91. The molecule has 1 aromatic rings. The molecule has 0 atom stereocenters. The molecule has 0 saturated heterocycles. The molecule has 0 aliphatic heterocycles. The van der Waals surface area contributed by atoms with Gasteiger partial charge in [0.25, 0.3) is 5.91 Å². The van der Waals surface area contributed by atoms with Crippen molar-refractivity contribution in [3.05, 3.63) is 16.1 Å². The van der Waals surface area contributed by atoms with E-state index in [1.807, 2.05) is 0 Å². The number of thiazole rings is 1. The second kappa shape index (κ2) is 5.95. The number of hydrogen-bond donors (Lipinski definition) is 3. The van der Waals surface area contributed by atoms with Crippen LogP contribution in [0.3, 0.4) is 0 Å². The van der Waals surface area contributed by atoms with Gasteiger partial charge in [-0.1, -0.05) is 0 Å². The summed E-state index contributed by atoms with van der Waals surface area (Å²) in [5.41, 5.74) is 4.94. The van der Waals surface area contributed by atoms with Crippen molar-refractivity contribution in [2.75, 3.05) is 12.8 Å². The Balaban J connectivity index is 2.58. The predicted octanol–water partition coefficient (Wildman–Crippen LogP) is -0.341. The monoisotopic (exact) mass is 306 g/mol. The first-order valence-corrected chi connectivity index (χ1v) is 8.32. The molecule has 0 radical (unpaired) electrons. The lowest BCUT2D eigenvalue weighted by Gasteiger charge is -2.25. The Kier molecular flexibility index (Phi) is 5.02. The molecule has 1 aromatic heterocycles. The van der Waals surface area contributed by atoms with Crippen LogP contribution in [0.25, 0.3) is 0 Å². The van der Waals surface area contributed by atoms with Crippen LogP contribution in [0, 0.1) is 0 Å². The Morgan fingerprint density at radius 2 is 2.16 bits per heavy atom. The summed E-state index contributed by atoms with van der Waals surface area (Å²) in [6.45, 7) is 3.81.